The third kappa shape index (κ3) is 3.09. The molecule has 0 radical (unpaired) electrons. The van der Waals surface area contributed by atoms with Gasteiger partial charge in [0.05, 0.1) is 16.1 Å². The standard InChI is InChI=1S/C17H15BrN2O2S/c1-11-10-16(12(2)9-14(11)18)23(21,22)20-15-7-3-5-13-6-4-8-19-17(13)15/h3-10,20H,1-2H3. The van der Waals surface area contributed by atoms with Gasteiger partial charge in [-0.05, 0) is 49.2 Å². The number of para-hydroxylation sites is 1. The summed E-state index contributed by atoms with van der Waals surface area (Å²) in [5.74, 6) is 0. The molecule has 0 aliphatic rings. The molecule has 4 nitrogen and oxygen atoms in total. The molecule has 3 aromatic rings. The van der Waals surface area contributed by atoms with E-state index >= 15 is 0 Å². The Morgan fingerprint density at radius 3 is 2.57 bits per heavy atom. The van der Waals surface area contributed by atoms with Gasteiger partial charge in [0.1, 0.15) is 0 Å². The van der Waals surface area contributed by atoms with Gasteiger partial charge in [-0.25, -0.2) is 8.42 Å². The van der Waals surface area contributed by atoms with Gasteiger partial charge in [-0.1, -0.05) is 34.1 Å². The van der Waals surface area contributed by atoms with Crippen molar-refractivity contribution in [2.24, 2.45) is 0 Å². The van der Waals surface area contributed by atoms with E-state index in [2.05, 4.69) is 25.6 Å². The van der Waals surface area contributed by atoms with Crippen LogP contribution in [-0.2, 0) is 10.0 Å². The highest BCUT2D eigenvalue weighted by Gasteiger charge is 2.19. The average Bonchev–Trinajstić information content (AvgIpc) is 2.51. The second kappa shape index (κ2) is 5.94. The molecular formula is C17H15BrN2O2S. The van der Waals surface area contributed by atoms with Crippen LogP contribution in [0.3, 0.4) is 0 Å². The Morgan fingerprint density at radius 1 is 1.04 bits per heavy atom. The molecule has 0 atom stereocenters. The number of aryl methyl sites for hydroxylation is 2. The number of nitrogens with one attached hydrogen (secondary N) is 1. The smallest absolute Gasteiger partial charge is 0.262 e. The molecule has 0 saturated carbocycles. The molecular weight excluding hydrogens is 376 g/mol. The Kier molecular flexibility index (Phi) is 4.12. The number of nitrogens with zero attached hydrogens (tertiary/aromatic N) is 1. The molecule has 0 fully saturated rings. The van der Waals surface area contributed by atoms with Gasteiger partial charge < -0.3 is 0 Å². The number of pyridine rings is 1. The van der Waals surface area contributed by atoms with Gasteiger partial charge in [0.15, 0.2) is 0 Å². The van der Waals surface area contributed by atoms with Gasteiger partial charge in [-0.15, -0.1) is 0 Å². The van der Waals surface area contributed by atoms with Gasteiger partial charge in [-0.3, -0.25) is 9.71 Å². The van der Waals surface area contributed by atoms with Crippen molar-refractivity contribution in [3.05, 3.63) is 64.3 Å². The van der Waals surface area contributed by atoms with E-state index in [1.807, 2.05) is 37.3 Å². The summed E-state index contributed by atoms with van der Waals surface area (Å²) in [6.45, 7) is 3.64. The van der Waals surface area contributed by atoms with E-state index in [9.17, 15) is 8.42 Å². The van der Waals surface area contributed by atoms with Crippen LogP contribution in [0.15, 0.2) is 58.0 Å². The number of benzene rings is 2. The maximum atomic E-state index is 12.8. The highest BCUT2D eigenvalue weighted by Crippen LogP contribution is 2.28. The summed E-state index contributed by atoms with van der Waals surface area (Å²) < 4.78 is 29.1. The normalized spacial score (nSPS) is 11.6. The van der Waals surface area contributed by atoms with Crippen molar-refractivity contribution in [1.29, 1.82) is 0 Å². The van der Waals surface area contributed by atoms with Crippen LogP contribution < -0.4 is 4.72 Å². The van der Waals surface area contributed by atoms with Crippen LogP contribution in [-0.4, -0.2) is 13.4 Å². The lowest BCUT2D eigenvalue weighted by atomic mass is 10.2. The van der Waals surface area contributed by atoms with E-state index in [0.717, 1.165) is 15.4 Å². The summed E-state index contributed by atoms with van der Waals surface area (Å²) in [4.78, 5) is 4.55. The number of aromatic nitrogens is 1. The van der Waals surface area contributed by atoms with Crippen molar-refractivity contribution in [2.75, 3.05) is 4.72 Å². The Balaban J connectivity index is 2.09. The third-order valence-electron chi connectivity index (χ3n) is 3.62. The fraction of sp³-hybridized carbons (Fsp3) is 0.118. The summed E-state index contributed by atoms with van der Waals surface area (Å²) in [5, 5.41) is 0.886. The van der Waals surface area contributed by atoms with E-state index in [-0.39, 0.29) is 4.90 Å². The predicted molar refractivity (Wildman–Crippen MR) is 96.2 cm³/mol. The quantitative estimate of drug-likeness (QED) is 0.719. The second-order valence-electron chi connectivity index (χ2n) is 5.35. The van der Waals surface area contributed by atoms with Crippen molar-refractivity contribution < 1.29 is 8.42 Å². The summed E-state index contributed by atoms with van der Waals surface area (Å²) in [6.07, 6.45) is 1.65. The molecule has 0 aliphatic carbocycles. The number of anilines is 1. The number of rotatable bonds is 3. The Hall–Kier alpha value is -1.92. The highest BCUT2D eigenvalue weighted by molar-refractivity contribution is 9.10. The lowest BCUT2D eigenvalue weighted by Crippen LogP contribution is -2.15. The first kappa shape index (κ1) is 16.0. The number of sulfonamides is 1. The minimum absolute atomic E-state index is 0.270. The van der Waals surface area contributed by atoms with Crippen LogP contribution in [0.1, 0.15) is 11.1 Å². The van der Waals surface area contributed by atoms with Crippen LogP contribution in [0, 0.1) is 13.8 Å². The van der Waals surface area contributed by atoms with Gasteiger partial charge in [0.2, 0.25) is 0 Å². The first-order valence-electron chi connectivity index (χ1n) is 7.02. The summed E-state index contributed by atoms with van der Waals surface area (Å²) >= 11 is 3.42. The largest absolute Gasteiger partial charge is 0.277 e. The number of hydrogen-bond acceptors (Lipinski definition) is 3. The molecule has 1 aromatic heterocycles. The SMILES string of the molecule is Cc1cc(S(=O)(=O)Nc2cccc3cccnc23)c(C)cc1Br. The summed E-state index contributed by atoms with van der Waals surface area (Å²) in [6, 6.07) is 12.6. The summed E-state index contributed by atoms with van der Waals surface area (Å²) in [5.41, 5.74) is 2.66. The first-order valence-corrected chi connectivity index (χ1v) is 9.29. The second-order valence-corrected chi connectivity index (χ2v) is 7.86. The zero-order valence-corrected chi connectivity index (χ0v) is 15.1. The van der Waals surface area contributed by atoms with Crippen LogP contribution in [0.2, 0.25) is 0 Å². The number of halogens is 1. The minimum atomic E-state index is -3.69. The molecule has 0 amide bonds. The monoisotopic (exact) mass is 390 g/mol. The average molecular weight is 391 g/mol. The Labute approximate surface area is 143 Å². The summed E-state index contributed by atoms with van der Waals surface area (Å²) in [7, 11) is -3.69. The third-order valence-corrected chi connectivity index (χ3v) is 5.98. The van der Waals surface area contributed by atoms with Crippen LogP contribution >= 0.6 is 15.9 Å². The molecule has 23 heavy (non-hydrogen) atoms. The molecule has 0 bridgehead atoms. The number of fused-ring (bicyclic) bond motifs is 1. The van der Waals surface area contributed by atoms with E-state index in [1.54, 1.807) is 25.3 Å². The van der Waals surface area contributed by atoms with E-state index < -0.39 is 10.0 Å². The molecule has 2 aromatic carbocycles. The molecule has 0 unspecified atom stereocenters. The van der Waals surface area contributed by atoms with Crippen molar-refractivity contribution in [3.8, 4) is 0 Å². The van der Waals surface area contributed by atoms with Crippen molar-refractivity contribution in [1.82, 2.24) is 4.98 Å². The minimum Gasteiger partial charge on any atom is -0.277 e. The zero-order chi connectivity index (χ0) is 16.6. The zero-order valence-electron chi connectivity index (χ0n) is 12.7. The van der Waals surface area contributed by atoms with Crippen molar-refractivity contribution in [3.63, 3.8) is 0 Å². The first-order chi connectivity index (χ1) is 10.9. The molecule has 6 heteroatoms. The highest BCUT2D eigenvalue weighted by atomic mass is 79.9. The molecule has 118 valence electrons. The maximum Gasteiger partial charge on any atom is 0.262 e. The molecule has 0 spiro atoms. The van der Waals surface area contributed by atoms with Crippen LogP contribution in [0.5, 0.6) is 0 Å². The fourth-order valence-corrected chi connectivity index (χ4v) is 4.27. The van der Waals surface area contributed by atoms with E-state index in [0.29, 0.717) is 16.8 Å². The predicted octanol–water partition coefficient (Wildman–Crippen LogP) is 4.41. The fourth-order valence-electron chi connectivity index (χ4n) is 2.43. The lowest BCUT2D eigenvalue weighted by molar-refractivity contribution is 0.600. The molecule has 0 saturated heterocycles. The molecule has 1 N–H and O–H groups in total. The lowest BCUT2D eigenvalue weighted by Gasteiger charge is -2.13. The van der Waals surface area contributed by atoms with E-state index in [4.69, 9.17) is 0 Å². The molecule has 1 heterocycles. The van der Waals surface area contributed by atoms with Gasteiger partial charge in [-0.2, -0.15) is 0 Å². The Bertz CT molecular complexity index is 995. The number of hydrogen-bond donors (Lipinski definition) is 1. The van der Waals surface area contributed by atoms with Gasteiger partial charge in [0, 0.05) is 16.1 Å². The maximum absolute atomic E-state index is 12.8. The van der Waals surface area contributed by atoms with E-state index in [1.165, 1.54) is 0 Å². The molecule has 3 rings (SSSR count). The van der Waals surface area contributed by atoms with Crippen LogP contribution in [0.4, 0.5) is 5.69 Å². The van der Waals surface area contributed by atoms with Crippen molar-refractivity contribution in [2.45, 2.75) is 18.7 Å². The van der Waals surface area contributed by atoms with Crippen LogP contribution in [0.25, 0.3) is 10.9 Å². The molecule has 0 aliphatic heterocycles. The van der Waals surface area contributed by atoms with Gasteiger partial charge in [0.25, 0.3) is 10.0 Å². The Morgan fingerprint density at radius 2 is 1.78 bits per heavy atom. The van der Waals surface area contributed by atoms with Gasteiger partial charge >= 0.3 is 0 Å². The van der Waals surface area contributed by atoms with Crippen molar-refractivity contribution >= 4 is 42.5 Å². The topological polar surface area (TPSA) is 59.1 Å².